The van der Waals surface area contributed by atoms with Crippen molar-refractivity contribution < 1.29 is 9.53 Å². The quantitative estimate of drug-likeness (QED) is 0.733. The third kappa shape index (κ3) is 1.68. The number of amides is 1. The molecule has 1 aromatic carbocycles. The lowest BCUT2D eigenvalue weighted by Crippen LogP contribution is -2.47. The van der Waals surface area contributed by atoms with Gasteiger partial charge in [0.1, 0.15) is 5.75 Å². The van der Waals surface area contributed by atoms with E-state index in [1.807, 2.05) is 18.2 Å². The van der Waals surface area contributed by atoms with E-state index in [0.29, 0.717) is 5.92 Å². The zero-order valence-electron chi connectivity index (χ0n) is 10.5. The summed E-state index contributed by atoms with van der Waals surface area (Å²) >= 11 is 3.10. The van der Waals surface area contributed by atoms with Gasteiger partial charge in [0.15, 0.2) is 0 Å². The van der Waals surface area contributed by atoms with Gasteiger partial charge >= 0.3 is 5.24 Å². The second-order valence-electron chi connectivity index (χ2n) is 5.50. The Bertz CT molecular complexity index is 601. The molecule has 3 heterocycles. The topological polar surface area (TPSA) is 38.7 Å². The number of fused-ring (bicyclic) bond motifs is 5. The molecule has 0 bridgehead atoms. The van der Waals surface area contributed by atoms with Gasteiger partial charge < -0.3 is 4.74 Å². The lowest BCUT2D eigenvalue weighted by Gasteiger charge is -2.47. The number of nitrogens with zero attached hydrogens (tertiary/aromatic N) is 1. The number of benzene rings is 1. The average molecular weight is 291 g/mol. The van der Waals surface area contributed by atoms with Crippen LogP contribution in [0.25, 0.3) is 0 Å². The normalized spacial score (nSPS) is 35.8. The molecule has 3 aliphatic heterocycles. The molecule has 3 nitrogen and oxygen atoms in total. The molecule has 3 aliphatic rings. The maximum absolute atomic E-state index is 11.6. The third-order valence-corrected chi connectivity index (χ3v) is 6.72. The summed E-state index contributed by atoms with van der Waals surface area (Å²) in [6.07, 6.45) is 0. The number of hydrogen-bond donors (Lipinski definition) is 0. The smallest absolute Gasteiger partial charge is 0.306 e. The number of carbonyl (C=O) groups excluding carboxylic acids is 1. The molecule has 4 rings (SSSR count). The molecule has 0 aliphatic carbocycles. The minimum absolute atomic E-state index is 0.0410. The molecule has 3 unspecified atom stereocenters. The van der Waals surface area contributed by atoms with Gasteiger partial charge in [-0.3, -0.25) is 4.79 Å². The molecule has 0 N–H and O–H groups in total. The molecule has 1 saturated heterocycles. The number of carbonyl (C=O) groups is 1. The van der Waals surface area contributed by atoms with E-state index in [-0.39, 0.29) is 15.9 Å². The van der Waals surface area contributed by atoms with Crippen LogP contribution in [0.4, 0.5) is 4.79 Å². The van der Waals surface area contributed by atoms with E-state index >= 15 is 0 Å². The average Bonchev–Trinajstić information content (AvgIpc) is 2.78. The van der Waals surface area contributed by atoms with Crippen LogP contribution < -0.4 is 4.74 Å². The summed E-state index contributed by atoms with van der Waals surface area (Å²) in [6.45, 7) is 2.99. The van der Waals surface area contributed by atoms with Crippen LogP contribution in [0, 0.1) is 5.41 Å². The molecule has 0 aromatic heterocycles. The van der Waals surface area contributed by atoms with Crippen molar-refractivity contribution in [2.75, 3.05) is 12.4 Å². The van der Waals surface area contributed by atoms with Crippen molar-refractivity contribution in [2.45, 2.75) is 18.1 Å². The van der Waals surface area contributed by atoms with Gasteiger partial charge in [0.25, 0.3) is 0 Å². The highest BCUT2D eigenvalue weighted by Gasteiger charge is 2.52. The van der Waals surface area contributed by atoms with Gasteiger partial charge in [-0.15, -0.1) is 11.8 Å². The Morgan fingerprint density at radius 2 is 2.26 bits per heavy atom. The molecule has 19 heavy (non-hydrogen) atoms. The first-order valence-electron chi connectivity index (χ1n) is 6.31. The predicted octanol–water partition coefficient (Wildman–Crippen LogP) is 3.55. The Labute approximate surface area is 120 Å². The van der Waals surface area contributed by atoms with E-state index in [0.717, 1.165) is 23.2 Å². The SMILES string of the molecule is CC12COc3ccccc3C1C1SC(=O)N=C1SC2. The van der Waals surface area contributed by atoms with E-state index in [1.54, 1.807) is 11.8 Å². The van der Waals surface area contributed by atoms with Gasteiger partial charge in [0.05, 0.1) is 16.9 Å². The predicted molar refractivity (Wildman–Crippen MR) is 79.5 cm³/mol. The largest absolute Gasteiger partial charge is 0.493 e. The molecular formula is C14H13NO2S2. The Hall–Kier alpha value is -0.940. The highest BCUT2D eigenvalue weighted by Crippen LogP contribution is 2.56. The number of hydrogen-bond acceptors (Lipinski definition) is 4. The zero-order valence-corrected chi connectivity index (χ0v) is 12.1. The van der Waals surface area contributed by atoms with E-state index in [9.17, 15) is 4.79 Å². The summed E-state index contributed by atoms with van der Waals surface area (Å²) in [7, 11) is 0. The standard InChI is InChI=1S/C14H13NO2S2/c1-14-6-17-9-5-3-2-4-8(9)10(14)11-12(18-7-14)15-13(16)19-11/h2-5,10-11H,6-7H2,1H3. The minimum atomic E-state index is -0.0410. The second-order valence-corrected chi connectivity index (χ2v) is 7.59. The lowest BCUT2D eigenvalue weighted by atomic mass is 9.71. The van der Waals surface area contributed by atoms with E-state index in [1.165, 1.54) is 17.3 Å². The molecule has 0 saturated carbocycles. The fraction of sp³-hybridized carbons (Fsp3) is 0.429. The summed E-state index contributed by atoms with van der Waals surface area (Å²) in [5.41, 5.74) is 1.32. The van der Waals surface area contributed by atoms with Crippen LogP contribution in [0.15, 0.2) is 29.3 Å². The maximum atomic E-state index is 11.6. The Morgan fingerprint density at radius 3 is 3.16 bits per heavy atom. The number of thioether (sulfide) groups is 2. The van der Waals surface area contributed by atoms with Crippen molar-refractivity contribution in [1.29, 1.82) is 0 Å². The van der Waals surface area contributed by atoms with Crippen molar-refractivity contribution in [3.63, 3.8) is 0 Å². The van der Waals surface area contributed by atoms with Gasteiger partial charge in [-0.1, -0.05) is 36.9 Å². The number of rotatable bonds is 0. The molecule has 0 spiro atoms. The summed E-state index contributed by atoms with van der Waals surface area (Å²) < 4.78 is 5.92. The van der Waals surface area contributed by atoms with Gasteiger partial charge in [-0.25, -0.2) is 4.99 Å². The Morgan fingerprint density at radius 1 is 1.42 bits per heavy atom. The van der Waals surface area contributed by atoms with Crippen LogP contribution in [-0.4, -0.2) is 27.9 Å². The van der Waals surface area contributed by atoms with Gasteiger partial charge in [-0.2, -0.15) is 0 Å². The van der Waals surface area contributed by atoms with E-state index < -0.39 is 0 Å². The summed E-state index contributed by atoms with van der Waals surface area (Å²) in [6, 6.07) is 8.21. The summed E-state index contributed by atoms with van der Waals surface area (Å²) in [5, 5.41) is 1.15. The number of aliphatic imine (C=N–C) groups is 1. The van der Waals surface area contributed by atoms with Crippen molar-refractivity contribution in [3.05, 3.63) is 29.8 Å². The first-order valence-corrected chi connectivity index (χ1v) is 8.18. The van der Waals surface area contributed by atoms with Crippen molar-refractivity contribution in [1.82, 2.24) is 0 Å². The second kappa shape index (κ2) is 4.03. The third-order valence-electron chi connectivity index (χ3n) is 4.09. The number of ether oxygens (including phenoxy) is 1. The molecule has 1 aromatic rings. The van der Waals surface area contributed by atoms with Gasteiger partial charge in [0, 0.05) is 17.1 Å². The van der Waals surface area contributed by atoms with Crippen LogP contribution in [0.3, 0.4) is 0 Å². The summed E-state index contributed by atoms with van der Waals surface area (Å²) in [4.78, 5) is 15.8. The van der Waals surface area contributed by atoms with E-state index in [2.05, 4.69) is 18.0 Å². The van der Waals surface area contributed by atoms with Crippen LogP contribution in [-0.2, 0) is 0 Å². The highest BCUT2D eigenvalue weighted by atomic mass is 32.2. The molecule has 3 atom stereocenters. The Kier molecular flexibility index (Phi) is 2.51. The molecule has 5 heteroatoms. The van der Waals surface area contributed by atoms with Crippen LogP contribution in [0.2, 0.25) is 0 Å². The van der Waals surface area contributed by atoms with Crippen LogP contribution in [0.1, 0.15) is 18.4 Å². The van der Waals surface area contributed by atoms with Crippen LogP contribution >= 0.6 is 23.5 Å². The monoisotopic (exact) mass is 291 g/mol. The molecule has 1 amide bonds. The fourth-order valence-corrected chi connectivity index (χ4v) is 5.87. The molecular weight excluding hydrogens is 278 g/mol. The van der Waals surface area contributed by atoms with Crippen molar-refractivity contribution in [2.24, 2.45) is 10.4 Å². The van der Waals surface area contributed by atoms with Crippen molar-refractivity contribution in [3.8, 4) is 5.75 Å². The molecule has 0 radical (unpaired) electrons. The minimum Gasteiger partial charge on any atom is -0.493 e. The first-order chi connectivity index (χ1) is 9.17. The number of para-hydroxylation sites is 1. The zero-order chi connectivity index (χ0) is 13.0. The maximum Gasteiger partial charge on any atom is 0.306 e. The molecule has 1 fully saturated rings. The fourth-order valence-electron chi connectivity index (χ4n) is 3.14. The highest BCUT2D eigenvalue weighted by molar-refractivity contribution is 8.21. The molecule has 98 valence electrons. The first kappa shape index (κ1) is 11.9. The van der Waals surface area contributed by atoms with Gasteiger partial charge in [0.2, 0.25) is 0 Å². The lowest BCUT2D eigenvalue weighted by molar-refractivity contribution is 0.128. The summed E-state index contributed by atoms with van der Waals surface area (Å²) in [5.74, 6) is 2.26. The van der Waals surface area contributed by atoms with Crippen molar-refractivity contribution >= 4 is 33.8 Å². The Balaban J connectivity index is 1.85. The van der Waals surface area contributed by atoms with Crippen LogP contribution in [0.5, 0.6) is 5.75 Å². The van der Waals surface area contributed by atoms with E-state index in [4.69, 9.17) is 4.74 Å². The van der Waals surface area contributed by atoms with Gasteiger partial charge in [-0.05, 0) is 11.6 Å².